The third-order valence-electron chi connectivity index (χ3n) is 6.16. The van der Waals surface area contributed by atoms with E-state index in [4.69, 9.17) is 0 Å². The zero-order valence-electron chi connectivity index (χ0n) is 17.6. The number of aromatic nitrogens is 4. The van der Waals surface area contributed by atoms with Crippen LogP contribution in [0.1, 0.15) is 52.9 Å². The van der Waals surface area contributed by atoms with Gasteiger partial charge in [-0.1, -0.05) is 6.42 Å². The number of carbonyl (C=O) groups is 1. The van der Waals surface area contributed by atoms with E-state index in [1.54, 1.807) is 0 Å². The molecule has 1 fully saturated rings. The standard InChI is InChI=1S/C23H26N6O/c1-14-20-8-7-16(13-29(20)15(2)25-14)23(30)27-22-11-18-17(12-24-22)10-19(26-18)21-6-4-5-9-28(21)3/h7-8,10-13,21,26H,4-6,9H2,1-3H3,(H,24,27,30)/t21-/m1/s1. The first-order valence-corrected chi connectivity index (χ1v) is 10.4. The van der Waals surface area contributed by atoms with Crippen molar-refractivity contribution in [2.24, 2.45) is 0 Å². The lowest BCUT2D eigenvalue weighted by atomic mass is 10.0. The van der Waals surface area contributed by atoms with Crippen LogP contribution in [0.4, 0.5) is 5.82 Å². The number of nitrogens with zero attached hydrogens (tertiary/aromatic N) is 4. The van der Waals surface area contributed by atoms with Crippen molar-refractivity contribution < 1.29 is 4.79 Å². The summed E-state index contributed by atoms with van der Waals surface area (Å²) in [5, 5.41) is 3.99. The molecule has 1 aliphatic rings. The Balaban J connectivity index is 1.39. The van der Waals surface area contributed by atoms with Crippen LogP contribution in [-0.2, 0) is 0 Å². The van der Waals surface area contributed by atoms with Gasteiger partial charge in [0.15, 0.2) is 0 Å². The molecule has 1 atom stereocenters. The van der Waals surface area contributed by atoms with E-state index in [1.807, 2.05) is 48.8 Å². The maximum Gasteiger partial charge on any atom is 0.258 e. The van der Waals surface area contributed by atoms with Crippen molar-refractivity contribution >= 4 is 28.1 Å². The van der Waals surface area contributed by atoms with Gasteiger partial charge in [-0.2, -0.15) is 0 Å². The molecule has 0 aliphatic carbocycles. The van der Waals surface area contributed by atoms with Crippen LogP contribution in [0.25, 0.3) is 16.4 Å². The zero-order chi connectivity index (χ0) is 20.8. The number of hydrogen-bond acceptors (Lipinski definition) is 4. The minimum atomic E-state index is -0.187. The number of H-pyrrole nitrogens is 1. The van der Waals surface area contributed by atoms with E-state index in [0.29, 0.717) is 17.4 Å². The summed E-state index contributed by atoms with van der Waals surface area (Å²) in [4.78, 5) is 27.7. The van der Waals surface area contributed by atoms with Gasteiger partial charge in [0, 0.05) is 35.6 Å². The number of aryl methyl sites for hydroxylation is 2. The lowest BCUT2D eigenvalue weighted by molar-refractivity contribution is 0.102. The lowest BCUT2D eigenvalue weighted by Gasteiger charge is -2.31. The third-order valence-corrected chi connectivity index (χ3v) is 6.16. The number of anilines is 1. The molecule has 1 saturated heterocycles. The Morgan fingerprint density at radius 2 is 2.10 bits per heavy atom. The highest BCUT2D eigenvalue weighted by Gasteiger charge is 2.22. The molecular formula is C23H26N6O. The van der Waals surface area contributed by atoms with E-state index >= 15 is 0 Å². The van der Waals surface area contributed by atoms with Crippen LogP contribution >= 0.6 is 0 Å². The van der Waals surface area contributed by atoms with Crippen LogP contribution in [0.2, 0.25) is 0 Å². The topological polar surface area (TPSA) is 78.3 Å². The average Bonchev–Trinajstić information content (AvgIpc) is 3.28. The number of amides is 1. The molecule has 0 bridgehead atoms. The molecule has 5 heterocycles. The smallest absolute Gasteiger partial charge is 0.258 e. The van der Waals surface area contributed by atoms with E-state index < -0.39 is 0 Å². The summed E-state index contributed by atoms with van der Waals surface area (Å²) < 4.78 is 1.94. The zero-order valence-corrected chi connectivity index (χ0v) is 17.6. The van der Waals surface area contributed by atoms with Gasteiger partial charge in [-0.15, -0.1) is 0 Å². The highest BCUT2D eigenvalue weighted by molar-refractivity contribution is 6.04. The quantitative estimate of drug-likeness (QED) is 0.537. The van der Waals surface area contributed by atoms with Gasteiger partial charge in [-0.05, 0) is 58.5 Å². The number of likely N-dealkylation sites (tertiary alicyclic amines) is 1. The lowest BCUT2D eigenvalue weighted by Crippen LogP contribution is -2.29. The third kappa shape index (κ3) is 3.25. The van der Waals surface area contributed by atoms with Gasteiger partial charge in [0.2, 0.25) is 0 Å². The summed E-state index contributed by atoms with van der Waals surface area (Å²) in [5.41, 5.74) is 4.74. The summed E-state index contributed by atoms with van der Waals surface area (Å²) in [7, 11) is 2.18. The largest absolute Gasteiger partial charge is 0.357 e. The molecule has 0 saturated carbocycles. The Morgan fingerprint density at radius 1 is 1.23 bits per heavy atom. The van der Waals surface area contributed by atoms with E-state index in [1.165, 1.54) is 18.5 Å². The summed E-state index contributed by atoms with van der Waals surface area (Å²) in [6, 6.07) is 8.25. The van der Waals surface area contributed by atoms with Crippen LogP contribution in [0, 0.1) is 13.8 Å². The Labute approximate surface area is 175 Å². The number of nitrogens with one attached hydrogen (secondary N) is 2. The molecule has 0 unspecified atom stereocenters. The molecule has 2 N–H and O–H groups in total. The number of aromatic amines is 1. The molecule has 4 aromatic rings. The number of hydrogen-bond donors (Lipinski definition) is 2. The second-order valence-electron chi connectivity index (χ2n) is 8.25. The Hall–Kier alpha value is -3.19. The van der Waals surface area contributed by atoms with Crippen molar-refractivity contribution in [3.8, 4) is 0 Å². The van der Waals surface area contributed by atoms with E-state index in [-0.39, 0.29) is 5.91 Å². The predicted molar refractivity (Wildman–Crippen MR) is 118 cm³/mol. The number of imidazole rings is 1. The predicted octanol–water partition coefficient (Wildman–Crippen LogP) is 4.24. The molecule has 0 spiro atoms. The SMILES string of the molecule is Cc1nc(C)n2cc(C(=O)Nc3cc4[nH]c([C@H]5CCCCN5C)cc4cn3)ccc12. The Bertz CT molecular complexity index is 1250. The maximum absolute atomic E-state index is 12.8. The van der Waals surface area contributed by atoms with Crippen LogP contribution in [0.3, 0.4) is 0 Å². The van der Waals surface area contributed by atoms with Gasteiger partial charge in [0.05, 0.1) is 22.3 Å². The number of fused-ring (bicyclic) bond motifs is 2. The Morgan fingerprint density at radius 3 is 2.93 bits per heavy atom. The molecule has 7 heteroatoms. The average molecular weight is 403 g/mol. The van der Waals surface area contributed by atoms with Gasteiger partial charge in [0.25, 0.3) is 5.91 Å². The van der Waals surface area contributed by atoms with Gasteiger partial charge in [-0.3, -0.25) is 9.69 Å². The highest BCUT2D eigenvalue weighted by Crippen LogP contribution is 2.31. The van der Waals surface area contributed by atoms with Gasteiger partial charge < -0.3 is 14.7 Å². The first-order chi connectivity index (χ1) is 14.5. The minimum Gasteiger partial charge on any atom is -0.357 e. The number of carbonyl (C=O) groups excluding carboxylic acids is 1. The van der Waals surface area contributed by atoms with Crippen molar-refractivity contribution in [3.63, 3.8) is 0 Å². The van der Waals surface area contributed by atoms with E-state index in [2.05, 4.69) is 38.3 Å². The molecule has 7 nitrogen and oxygen atoms in total. The minimum absolute atomic E-state index is 0.187. The van der Waals surface area contributed by atoms with Crippen LogP contribution < -0.4 is 5.32 Å². The van der Waals surface area contributed by atoms with Gasteiger partial charge >= 0.3 is 0 Å². The van der Waals surface area contributed by atoms with Crippen LogP contribution in [0.5, 0.6) is 0 Å². The maximum atomic E-state index is 12.8. The van der Waals surface area contributed by atoms with Crippen LogP contribution in [0.15, 0.2) is 36.7 Å². The molecule has 30 heavy (non-hydrogen) atoms. The fraction of sp³-hybridized carbons (Fsp3) is 0.348. The van der Waals surface area contributed by atoms with Crippen LogP contribution in [-0.4, -0.2) is 43.8 Å². The molecule has 1 amide bonds. The second kappa shape index (κ2) is 7.25. The summed E-state index contributed by atoms with van der Waals surface area (Å²) >= 11 is 0. The van der Waals surface area contributed by atoms with Crippen molar-refractivity contribution in [2.45, 2.75) is 39.2 Å². The number of pyridine rings is 2. The number of piperidine rings is 1. The van der Waals surface area contributed by atoms with Crippen molar-refractivity contribution in [2.75, 3.05) is 18.9 Å². The monoisotopic (exact) mass is 402 g/mol. The highest BCUT2D eigenvalue weighted by atomic mass is 16.1. The second-order valence-corrected chi connectivity index (χ2v) is 8.25. The van der Waals surface area contributed by atoms with Gasteiger partial charge in [0.1, 0.15) is 11.6 Å². The van der Waals surface area contributed by atoms with Crippen molar-refractivity contribution in [1.82, 2.24) is 24.3 Å². The molecule has 4 aromatic heterocycles. The summed E-state index contributed by atoms with van der Waals surface area (Å²) in [6.45, 7) is 5.03. The molecule has 5 rings (SSSR count). The molecular weight excluding hydrogens is 376 g/mol. The molecule has 1 aliphatic heterocycles. The fourth-order valence-electron chi connectivity index (χ4n) is 4.50. The first kappa shape index (κ1) is 18.8. The number of rotatable bonds is 3. The van der Waals surface area contributed by atoms with E-state index in [0.717, 1.165) is 40.9 Å². The molecule has 0 radical (unpaired) electrons. The van der Waals surface area contributed by atoms with Crippen molar-refractivity contribution in [1.29, 1.82) is 0 Å². The molecule has 154 valence electrons. The van der Waals surface area contributed by atoms with Crippen molar-refractivity contribution in [3.05, 3.63) is 59.4 Å². The fourth-order valence-corrected chi connectivity index (χ4v) is 4.50. The summed E-state index contributed by atoms with van der Waals surface area (Å²) in [5.74, 6) is 1.22. The normalized spacial score (nSPS) is 17.6. The van der Waals surface area contributed by atoms with E-state index in [9.17, 15) is 4.79 Å². The molecule has 0 aromatic carbocycles. The van der Waals surface area contributed by atoms with Gasteiger partial charge in [-0.25, -0.2) is 9.97 Å². The summed E-state index contributed by atoms with van der Waals surface area (Å²) in [6.07, 6.45) is 7.32. The first-order valence-electron chi connectivity index (χ1n) is 10.4. The Kier molecular flexibility index (Phi) is 4.55.